The molecule has 0 aliphatic heterocycles. The molecule has 0 bridgehead atoms. The highest BCUT2D eigenvalue weighted by molar-refractivity contribution is 9.10. The fraction of sp³-hybridized carbons (Fsp3) is 0.500. The van der Waals surface area contributed by atoms with Gasteiger partial charge >= 0.3 is 0 Å². The molecule has 0 N–H and O–H groups in total. The Labute approximate surface area is 112 Å². The standard InChI is InChI=1S/C14H18BrNO/c1-11-9-12(5-6-13(11)15)17-8-4-7-14(2,3)10-16/h5-6,9H,4,7-8H2,1-3H3. The SMILES string of the molecule is Cc1cc(OCCCC(C)(C)C#N)ccc1Br. The van der Waals surface area contributed by atoms with Gasteiger partial charge in [-0.2, -0.15) is 5.26 Å². The van der Waals surface area contributed by atoms with Gasteiger partial charge in [-0.3, -0.25) is 0 Å². The van der Waals surface area contributed by atoms with Gasteiger partial charge < -0.3 is 4.74 Å². The number of benzene rings is 1. The van der Waals surface area contributed by atoms with Crippen LogP contribution in [0.5, 0.6) is 5.75 Å². The lowest BCUT2D eigenvalue weighted by atomic mass is 9.90. The van der Waals surface area contributed by atoms with Crippen LogP contribution in [0, 0.1) is 23.7 Å². The lowest BCUT2D eigenvalue weighted by Crippen LogP contribution is -2.10. The summed E-state index contributed by atoms with van der Waals surface area (Å²) in [7, 11) is 0. The third-order valence-corrected chi connectivity index (χ3v) is 3.54. The van der Waals surface area contributed by atoms with Crippen molar-refractivity contribution in [1.29, 1.82) is 5.26 Å². The number of halogens is 1. The van der Waals surface area contributed by atoms with Gasteiger partial charge in [0, 0.05) is 4.47 Å². The monoisotopic (exact) mass is 295 g/mol. The molecule has 0 spiro atoms. The predicted molar refractivity (Wildman–Crippen MR) is 73.0 cm³/mol. The minimum Gasteiger partial charge on any atom is -0.494 e. The quantitative estimate of drug-likeness (QED) is 0.751. The van der Waals surface area contributed by atoms with Crippen molar-refractivity contribution < 1.29 is 4.74 Å². The van der Waals surface area contributed by atoms with Crippen molar-refractivity contribution in [2.24, 2.45) is 5.41 Å². The Hall–Kier alpha value is -1.01. The van der Waals surface area contributed by atoms with Crippen molar-refractivity contribution >= 4 is 15.9 Å². The van der Waals surface area contributed by atoms with Crippen LogP contribution in [0.3, 0.4) is 0 Å². The van der Waals surface area contributed by atoms with Gasteiger partial charge in [-0.15, -0.1) is 0 Å². The minimum absolute atomic E-state index is 0.251. The maximum atomic E-state index is 8.88. The van der Waals surface area contributed by atoms with Crippen molar-refractivity contribution in [1.82, 2.24) is 0 Å². The van der Waals surface area contributed by atoms with Crippen molar-refractivity contribution in [3.8, 4) is 11.8 Å². The summed E-state index contributed by atoms with van der Waals surface area (Å²) in [5, 5.41) is 8.88. The van der Waals surface area contributed by atoms with Crippen LogP contribution in [0.2, 0.25) is 0 Å². The van der Waals surface area contributed by atoms with E-state index in [1.807, 2.05) is 39.0 Å². The number of hydrogen-bond acceptors (Lipinski definition) is 2. The van der Waals surface area contributed by atoms with Crippen molar-refractivity contribution in [2.45, 2.75) is 33.6 Å². The lowest BCUT2D eigenvalue weighted by molar-refractivity contribution is 0.284. The van der Waals surface area contributed by atoms with E-state index in [0.717, 1.165) is 23.1 Å². The Morgan fingerprint density at radius 3 is 2.71 bits per heavy atom. The number of hydrogen-bond donors (Lipinski definition) is 0. The van der Waals surface area contributed by atoms with E-state index in [1.54, 1.807) is 0 Å². The number of rotatable bonds is 5. The van der Waals surface area contributed by atoms with E-state index in [4.69, 9.17) is 10.00 Å². The molecule has 0 fully saturated rings. The molecule has 0 aromatic heterocycles. The van der Waals surface area contributed by atoms with Crippen LogP contribution >= 0.6 is 15.9 Å². The Morgan fingerprint density at radius 1 is 1.41 bits per heavy atom. The molecule has 1 rings (SSSR count). The van der Waals surface area contributed by atoms with Crippen LogP contribution in [0.25, 0.3) is 0 Å². The zero-order chi connectivity index (χ0) is 12.9. The van der Waals surface area contributed by atoms with Gasteiger partial charge in [0.25, 0.3) is 0 Å². The summed E-state index contributed by atoms with van der Waals surface area (Å²) >= 11 is 3.46. The van der Waals surface area contributed by atoms with Crippen molar-refractivity contribution in [3.63, 3.8) is 0 Å². The summed E-state index contributed by atoms with van der Waals surface area (Å²) in [6.07, 6.45) is 1.76. The van der Waals surface area contributed by atoms with Gasteiger partial charge in [0.1, 0.15) is 5.75 Å². The summed E-state index contributed by atoms with van der Waals surface area (Å²) < 4.78 is 6.74. The van der Waals surface area contributed by atoms with Crippen LogP contribution in [-0.2, 0) is 0 Å². The molecule has 1 aromatic rings. The maximum absolute atomic E-state index is 8.88. The first-order valence-electron chi connectivity index (χ1n) is 5.75. The lowest BCUT2D eigenvalue weighted by Gasteiger charge is -2.15. The van der Waals surface area contributed by atoms with Crippen molar-refractivity contribution in [3.05, 3.63) is 28.2 Å². The second kappa shape index (κ2) is 6.07. The van der Waals surface area contributed by atoms with Crippen molar-refractivity contribution in [2.75, 3.05) is 6.61 Å². The first kappa shape index (κ1) is 14.1. The van der Waals surface area contributed by atoms with Crippen LogP contribution < -0.4 is 4.74 Å². The molecule has 0 radical (unpaired) electrons. The maximum Gasteiger partial charge on any atom is 0.119 e. The van der Waals surface area contributed by atoms with Crippen LogP contribution in [-0.4, -0.2) is 6.61 Å². The van der Waals surface area contributed by atoms with Gasteiger partial charge in [0.15, 0.2) is 0 Å². The summed E-state index contributed by atoms with van der Waals surface area (Å²) in [4.78, 5) is 0. The molecular formula is C14H18BrNO. The van der Waals surface area contributed by atoms with E-state index < -0.39 is 0 Å². The number of nitriles is 1. The highest BCUT2D eigenvalue weighted by Gasteiger charge is 2.15. The first-order valence-corrected chi connectivity index (χ1v) is 6.54. The second-order valence-electron chi connectivity index (χ2n) is 4.86. The Bertz CT molecular complexity index is 421. The molecule has 17 heavy (non-hydrogen) atoms. The number of aryl methyl sites for hydroxylation is 1. The molecule has 0 saturated heterocycles. The zero-order valence-corrected chi connectivity index (χ0v) is 12.2. The predicted octanol–water partition coefficient (Wildman–Crippen LogP) is 4.47. The third-order valence-electron chi connectivity index (χ3n) is 2.65. The Kier molecular flexibility index (Phi) is 5.02. The summed E-state index contributed by atoms with van der Waals surface area (Å²) in [5.41, 5.74) is 0.916. The number of ether oxygens (including phenoxy) is 1. The molecule has 92 valence electrons. The summed E-state index contributed by atoms with van der Waals surface area (Å²) in [6, 6.07) is 8.25. The van der Waals surface area contributed by atoms with Gasteiger partial charge in [-0.25, -0.2) is 0 Å². The molecule has 0 aliphatic carbocycles. The Balaban J connectivity index is 2.37. The summed E-state index contributed by atoms with van der Waals surface area (Å²) in [6.45, 7) is 6.61. The molecule has 2 nitrogen and oxygen atoms in total. The second-order valence-corrected chi connectivity index (χ2v) is 5.71. The average Bonchev–Trinajstić information content (AvgIpc) is 2.29. The van der Waals surface area contributed by atoms with E-state index in [-0.39, 0.29) is 5.41 Å². The third kappa shape index (κ3) is 4.79. The average molecular weight is 296 g/mol. The molecule has 0 atom stereocenters. The molecular weight excluding hydrogens is 278 g/mol. The molecule has 0 saturated carbocycles. The van der Waals surface area contributed by atoms with Crippen LogP contribution in [0.1, 0.15) is 32.3 Å². The van der Waals surface area contributed by atoms with E-state index in [2.05, 4.69) is 22.0 Å². The number of nitrogens with zero attached hydrogens (tertiary/aromatic N) is 1. The van der Waals surface area contributed by atoms with Crippen LogP contribution in [0.15, 0.2) is 22.7 Å². The normalized spacial score (nSPS) is 11.0. The van der Waals surface area contributed by atoms with Gasteiger partial charge in [-0.1, -0.05) is 15.9 Å². The van der Waals surface area contributed by atoms with Gasteiger partial charge in [-0.05, 0) is 57.4 Å². The van der Waals surface area contributed by atoms with E-state index in [0.29, 0.717) is 6.61 Å². The largest absolute Gasteiger partial charge is 0.494 e. The molecule has 0 heterocycles. The fourth-order valence-corrected chi connectivity index (χ4v) is 1.71. The van der Waals surface area contributed by atoms with E-state index >= 15 is 0 Å². The van der Waals surface area contributed by atoms with E-state index in [9.17, 15) is 0 Å². The zero-order valence-electron chi connectivity index (χ0n) is 10.6. The molecule has 0 unspecified atom stereocenters. The fourth-order valence-electron chi connectivity index (χ4n) is 1.47. The summed E-state index contributed by atoms with van der Waals surface area (Å²) in [5.74, 6) is 0.889. The highest BCUT2D eigenvalue weighted by atomic mass is 79.9. The first-order chi connectivity index (χ1) is 7.94. The topological polar surface area (TPSA) is 33.0 Å². The molecule has 0 amide bonds. The van der Waals surface area contributed by atoms with Crippen LogP contribution in [0.4, 0.5) is 0 Å². The van der Waals surface area contributed by atoms with Gasteiger partial charge in [0.05, 0.1) is 18.1 Å². The Morgan fingerprint density at radius 2 is 2.12 bits per heavy atom. The van der Waals surface area contributed by atoms with E-state index in [1.165, 1.54) is 5.56 Å². The molecule has 3 heteroatoms. The molecule has 1 aromatic carbocycles. The molecule has 0 aliphatic rings. The van der Waals surface area contributed by atoms with Gasteiger partial charge in [0.2, 0.25) is 0 Å². The smallest absolute Gasteiger partial charge is 0.119 e. The minimum atomic E-state index is -0.251. The highest BCUT2D eigenvalue weighted by Crippen LogP contribution is 2.23.